The van der Waals surface area contributed by atoms with Crippen molar-refractivity contribution in [3.63, 3.8) is 0 Å². The molecule has 0 unspecified atom stereocenters. The van der Waals surface area contributed by atoms with E-state index in [-0.39, 0.29) is 24.9 Å². The van der Waals surface area contributed by atoms with Crippen LogP contribution in [0.25, 0.3) is 11.0 Å². The second kappa shape index (κ2) is 8.15. The van der Waals surface area contributed by atoms with E-state index in [1.54, 1.807) is 0 Å². The van der Waals surface area contributed by atoms with Crippen LogP contribution in [0.4, 0.5) is 8.78 Å². The standard InChI is InChI=1S/C23H28F2N2O4/c24-23(25)10-17(11-23)21(28)26-12-18-5-6-22(31-18)14-27(7-8-29-15-22)13-19-9-16-3-1-2-4-20(16)30-19/h1-4,9,17-18H,5-8,10-15H2,(H,26,28)/t18-,22-/m0/s1. The fraction of sp³-hybridized carbons (Fsp3) is 0.609. The summed E-state index contributed by atoms with van der Waals surface area (Å²) in [7, 11) is 0. The summed E-state index contributed by atoms with van der Waals surface area (Å²) in [6.45, 7) is 3.70. The molecule has 2 aliphatic heterocycles. The van der Waals surface area contributed by atoms with Gasteiger partial charge in [-0.3, -0.25) is 9.69 Å². The molecule has 0 bridgehead atoms. The van der Waals surface area contributed by atoms with E-state index in [9.17, 15) is 13.6 Å². The maximum atomic E-state index is 13.0. The normalized spacial score (nSPS) is 29.2. The largest absolute Gasteiger partial charge is 0.460 e. The maximum Gasteiger partial charge on any atom is 0.249 e. The van der Waals surface area contributed by atoms with Gasteiger partial charge in [0.2, 0.25) is 11.8 Å². The number of halogens is 2. The van der Waals surface area contributed by atoms with Crippen LogP contribution in [0.1, 0.15) is 31.4 Å². The van der Waals surface area contributed by atoms with E-state index in [0.717, 1.165) is 42.7 Å². The van der Waals surface area contributed by atoms with Gasteiger partial charge in [0.1, 0.15) is 16.9 Å². The highest BCUT2D eigenvalue weighted by Crippen LogP contribution is 2.42. The van der Waals surface area contributed by atoms with Crippen molar-refractivity contribution < 1.29 is 27.5 Å². The van der Waals surface area contributed by atoms with Crippen molar-refractivity contribution >= 4 is 16.9 Å². The molecule has 2 aromatic rings. The molecule has 3 aliphatic rings. The average Bonchev–Trinajstić information content (AvgIpc) is 3.24. The molecule has 1 aromatic carbocycles. The number of nitrogens with one attached hydrogen (secondary N) is 1. The van der Waals surface area contributed by atoms with Crippen LogP contribution in [0.15, 0.2) is 34.7 Å². The summed E-state index contributed by atoms with van der Waals surface area (Å²) in [5.41, 5.74) is 0.469. The molecule has 1 aliphatic carbocycles. The molecule has 31 heavy (non-hydrogen) atoms. The van der Waals surface area contributed by atoms with E-state index in [1.807, 2.05) is 24.3 Å². The number of carbonyl (C=O) groups is 1. The number of nitrogens with zero attached hydrogens (tertiary/aromatic N) is 1. The lowest BCUT2D eigenvalue weighted by Gasteiger charge is -2.34. The lowest BCUT2D eigenvalue weighted by atomic mass is 9.81. The molecule has 0 radical (unpaired) electrons. The second-order valence-corrected chi connectivity index (χ2v) is 9.18. The lowest BCUT2D eigenvalue weighted by Crippen LogP contribution is -2.47. The number of carbonyl (C=O) groups excluding carboxylic acids is 1. The Bertz CT molecular complexity index is 908. The summed E-state index contributed by atoms with van der Waals surface area (Å²) in [6.07, 6.45) is 0.825. The minimum atomic E-state index is -2.68. The Hall–Kier alpha value is -2.03. The van der Waals surface area contributed by atoms with Gasteiger partial charge >= 0.3 is 0 Å². The first-order chi connectivity index (χ1) is 14.9. The van der Waals surface area contributed by atoms with Crippen LogP contribution in [-0.4, -0.2) is 61.3 Å². The smallest absolute Gasteiger partial charge is 0.249 e. The second-order valence-electron chi connectivity index (χ2n) is 9.18. The third kappa shape index (κ3) is 4.61. The van der Waals surface area contributed by atoms with Crippen LogP contribution in [0.2, 0.25) is 0 Å². The summed E-state index contributed by atoms with van der Waals surface area (Å²) >= 11 is 0. The zero-order valence-electron chi connectivity index (χ0n) is 17.4. The minimum Gasteiger partial charge on any atom is -0.460 e. The van der Waals surface area contributed by atoms with Crippen molar-refractivity contribution in [2.45, 2.75) is 49.9 Å². The number of fused-ring (bicyclic) bond motifs is 1. The molecule has 3 heterocycles. The molecule has 1 spiro atoms. The van der Waals surface area contributed by atoms with Gasteiger partial charge in [-0.1, -0.05) is 18.2 Å². The molecule has 1 aromatic heterocycles. The highest BCUT2D eigenvalue weighted by atomic mass is 19.3. The first-order valence-corrected chi connectivity index (χ1v) is 11.0. The predicted molar refractivity (Wildman–Crippen MR) is 110 cm³/mol. The highest BCUT2D eigenvalue weighted by molar-refractivity contribution is 5.80. The summed E-state index contributed by atoms with van der Waals surface area (Å²) in [6, 6.07) is 10.0. The Balaban J connectivity index is 1.16. The SMILES string of the molecule is O=C(NC[C@@H]1CC[C@]2(COCCN(Cc3cc4ccccc4o3)C2)O1)C1CC(F)(F)C1. The van der Waals surface area contributed by atoms with Crippen LogP contribution >= 0.6 is 0 Å². The summed E-state index contributed by atoms with van der Waals surface area (Å²) < 4.78 is 44.2. The number of alkyl halides is 2. The van der Waals surface area contributed by atoms with Gasteiger partial charge in [-0.05, 0) is 25.0 Å². The van der Waals surface area contributed by atoms with Crippen LogP contribution in [0.5, 0.6) is 0 Å². The molecule has 2 atom stereocenters. The molecule has 1 amide bonds. The van der Waals surface area contributed by atoms with Crippen LogP contribution in [0, 0.1) is 5.92 Å². The fourth-order valence-corrected chi connectivity index (χ4v) is 4.92. The minimum absolute atomic E-state index is 0.126. The number of rotatable bonds is 5. The quantitative estimate of drug-likeness (QED) is 0.782. The van der Waals surface area contributed by atoms with Gasteiger partial charge < -0.3 is 19.2 Å². The van der Waals surface area contributed by atoms with E-state index in [0.29, 0.717) is 26.3 Å². The van der Waals surface area contributed by atoms with E-state index >= 15 is 0 Å². The number of benzene rings is 1. The van der Waals surface area contributed by atoms with Gasteiger partial charge in [0.05, 0.1) is 25.9 Å². The molecule has 1 saturated carbocycles. The number of hydrogen-bond donors (Lipinski definition) is 1. The summed E-state index contributed by atoms with van der Waals surface area (Å²) in [5.74, 6) is -2.64. The Kier molecular flexibility index (Phi) is 5.48. The monoisotopic (exact) mass is 434 g/mol. The van der Waals surface area contributed by atoms with Gasteiger partial charge in [-0.15, -0.1) is 0 Å². The van der Waals surface area contributed by atoms with Crippen LogP contribution in [-0.2, 0) is 20.8 Å². The van der Waals surface area contributed by atoms with Crippen molar-refractivity contribution in [3.8, 4) is 0 Å². The molecule has 5 rings (SSSR count). The maximum absolute atomic E-state index is 13.0. The van der Waals surface area contributed by atoms with Crippen molar-refractivity contribution in [1.82, 2.24) is 10.2 Å². The Morgan fingerprint density at radius 2 is 2.10 bits per heavy atom. The molecule has 2 saturated heterocycles. The van der Waals surface area contributed by atoms with Crippen molar-refractivity contribution in [1.29, 1.82) is 0 Å². The molecular weight excluding hydrogens is 406 g/mol. The molecular formula is C23H28F2N2O4. The Morgan fingerprint density at radius 3 is 2.90 bits per heavy atom. The Morgan fingerprint density at radius 1 is 1.26 bits per heavy atom. The van der Waals surface area contributed by atoms with Crippen LogP contribution < -0.4 is 5.32 Å². The number of furan rings is 1. The summed E-state index contributed by atoms with van der Waals surface area (Å²) in [4.78, 5) is 14.4. The van der Waals surface area contributed by atoms with E-state index < -0.39 is 17.4 Å². The van der Waals surface area contributed by atoms with Gasteiger partial charge in [0.25, 0.3) is 0 Å². The van der Waals surface area contributed by atoms with E-state index in [4.69, 9.17) is 13.9 Å². The molecule has 6 nitrogen and oxygen atoms in total. The topological polar surface area (TPSA) is 63.9 Å². The first-order valence-electron chi connectivity index (χ1n) is 11.0. The van der Waals surface area contributed by atoms with Crippen molar-refractivity contribution in [2.75, 3.05) is 32.8 Å². The van der Waals surface area contributed by atoms with E-state index in [1.165, 1.54) is 0 Å². The lowest BCUT2D eigenvalue weighted by molar-refractivity contribution is -0.151. The molecule has 8 heteroatoms. The summed E-state index contributed by atoms with van der Waals surface area (Å²) in [5, 5.41) is 3.89. The van der Waals surface area contributed by atoms with Crippen LogP contribution in [0.3, 0.4) is 0 Å². The van der Waals surface area contributed by atoms with Gasteiger partial charge in [0.15, 0.2) is 0 Å². The number of ether oxygens (including phenoxy) is 2. The predicted octanol–water partition coefficient (Wildman–Crippen LogP) is 3.34. The van der Waals surface area contributed by atoms with Gasteiger partial charge in [0, 0.05) is 43.8 Å². The number of amides is 1. The average molecular weight is 434 g/mol. The van der Waals surface area contributed by atoms with Crippen molar-refractivity contribution in [2.24, 2.45) is 5.92 Å². The number of para-hydroxylation sites is 1. The third-order valence-corrected chi connectivity index (χ3v) is 6.59. The molecule has 1 N–H and O–H groups in total. The Labute approximate surface area is 179 Å². The zero-order chi connectivity index (χ0) is 21.5. The molecule has 168 valence electrons. The van der Waals surface area contributed by atoms with E-state index in [2.05, 4.69) is 16.3 Å². The number of hydrogen-bond acceptors (Lipinski definition) is 5. The van der Waals surface area contributed by atoms with Crippen molar-refractivity contribution in [3.05, 3.63) is 36.1 Å². The van der Waals surface area contributed by atoms with Gasteiger partial charge in [-0.2, -0.15) is 0 Å². The highest BCUT2D eigenvalue weighted by Gasteiger charge is 2.49. The first kappa shape index (κ1) is 20.8. The fourth-order valence-electron chi connectivity index (χ4n) is 4.92. The zero-order valence-corrected chi connectivity index (χ0v) is 17.4. The molecule has 3 fully saturated rings. The van der Waals surface area contributed by atoms with Gasteiger partial charge in [-0.25, -0.2) is 8.78 Å². The third-order valence-electron chi connectivity index (χ3n) is 6.59.